The smallest absolute Gasteiger partial charge is 0.325 e. The van der Waals surface area contributed by atoms with Crippen LogP contribution in [-0.4, -0.2) is 177 Å². The number of carbonyl (C=O) groups excluding carboxylic acids is 8. The highest BCUT2D eigenvalue weighted by molar-refractivity contribution is 5.99. The lowest BCUT2D eigenvalue weighted by Crippen LogP contribution is -2.56. The molecule has 2 saturated heterocycles. The van der Waals surface area contributed by atoms with Gasteiger partial charge in [0.25, 0.3) is 0 Å². The lowest BCUT2D eigenvalue weighted by molar-refractivity contribution is -0.127. The summed E-state index contributed by atoms with van der Waals surface area (Å²) in [6, 6.07) is 20.0. The van der Waals surface area contributed by atoms with Crippen LogP contribution >= 0.6 is 0 Å². The summed E-state index contributed by atoms with van der Waals surface area (Å²) in [7, 11) is 5.23. The molecule has 20 nitrogen and oxygen atoms in total. The van der Waals surface area contributed by atoms with Gasteiger partial charge >= 0.3 is 18.1 Å². The maximum absolute atomic E-state index is 13.5. The minimum absolute atomic E-state index is 0.0991. The zero-order chi connectivity index (χ0) is 59.2. The number of benzene rings is 2. The van der Waals surface area contributed by atoms with E-state index in [0.29, 0.717) is 76.3 Å². The van der Waals surface area contributed by atoms with Crippen molar-refractivity contribution in [3.63, 3.8) is 0 Å². The van der Waals surface area contributed by atoms with E-state index in [1.54, 1.807) is 30.7 Å². The van der Waals surface area contributed by atoms with Crippen molar-refractivity contribution in [3.8, 4) is 0 Å². The van der Waals surface area contributed by atoms with Gasteiger partial charge in [0.1, 0.15) is 18.4 Å². The quantitative estimate of drug-likeness (QED) is 0.0377. The number of rotatable bonds is 26. The zero-order valence-corrected chi connectivity index (χ0v) is 49.8. The van der Waals surface area contributed by atoms with Crippen LogP contribution in [-0.2, 0) is 24.0 Å². The molecule has 9 N–H and O–H groups in total. The van der Waals surface area contributed by atoms with Gasteiger partial charge in [0, 0.05) is 75.8 Å². The Balaban J connectivity index is 0.000000611. The van der Waals surface area contributed by atoms with Gasteiger partial charge in [-0.3, -0.25) is 24.5 Å². The van der Waals surface area contributed by atoms with E-state index in [9.17, 15) is 38.4 Å². The maximum atomic E-state index is 13.5. The van der Waals surface area contributed by atoms with Crippen molar-refractivity contribution in [2.24, 2.45) is 5.73 Å². The summed E-state index contributed by atoms with van der Waals surface area (Å²) in [4.78, 5) is 107. The van der Waals surface area contributed by atoms with Crippen LogP contribution in [0.3, 0.4) is 0 Å². The molecule has 20 heteroatoms. The maximum Gasteiger partial charge on any atom is 0.325 e. The molecular formula is C61H102N12O8. The predicted octanol–water partition coefficient (Wildman–Crippen LogP) is 6.40. The average molecular weight is 1130 g/mol. The fraction of sp³-hybridized carbons (Fsp3) is 0.672. The Kier molecular flexibility index (Phi) is 35.0. The molecule has 3 unspecified atom stereocenters. The molecule has 0 aromatic heterocycles. The number of hydrogen-bond acceptors (Lipinski definition) is 11. The molecule has 2 aromatic carbocycles. The number of urea groups is 3. The number of nitrogens with zero attached hydrogens (tertiary/aromatic N) is 4. The van der Waals surface area contributed by atoms with E-state index in [4.69, 9.17) is 0 Å². The summed E-state index contributed by atoms with van der Waals surface area (Å²) in [6.07, 6.45) is 19.5. The van der Waals surface area contributed by atoms with Gasteiger partial charge in [-0.1, -0.05) is 119 Å². The molecule has 7 atom stereocenters. The highest BCUT2D eigenvalue weighted by Crippen LogP contribution is 2.33. The number of nitrogens with one attached hydrogen (secondary N) is 7. The normalized spacial score (nSPS) is 20.3. The molecular weight excluding hydrogens is 1030 g/mol. The molecule has 81 heavy (non-hydrogen) atoms. The number of aldehydes is 1. The second-order valence-electron chi connectivity index (χ2n) is 21.6. The first-order chi connectivity index (χ1) is 39.3. The minimum Gasteiger partial charge on any atom is -0.355 e. The fourth-order valence-electron chi connectivity index (χ4n) is 11.1. The first-order valence-corrected chi connectivity index (χ1v) is 30.3. The first kappa shape index (κ1) is 69.2. The first-order valence-electron chi connectivity index (χ1n) is 30.3. The number of nitrogens with two attached hydrogens (primary N) is 1. The van der Waals surface area contributed by atoms with E-state index in [2.05, 4.69) is 79.2 Å². The van der Waals surface area contributed by atoms with Crippen LogP contribution in [0, 0.1) is 0 Å². The van der Waals surface area contributed by atoms with Crippen molar-refractivity contribution in [1.82, 2.24) is 56.8 Å². The molecule has 4 fully saturated rings. The van der Waals surface area contributed by atoms with Crippen molar-refractivity contribution in [3.05, 3.63) is 72.3 Å². The van der Waals surface area contributed by atoms with Gasteiger partial charge < -0.3 is 62.0 Å². The number of hydrogen-bond donors (Lipinski definition) is 8. The van der Waals surface area contributed by atoms with Gasteiger partial charge in [-0.15, -0.1) is 0 Å². The molecule has 2 aliphatic heterocycles. The number of carbonyl (C=O) groups is 8. The second kappa shape index (κ2) is 41.0. The van der Waals surface area contributed by atoms with Gasteiger partial charge in [0.05, 0.1) is 6.04 Å². The minimum atomic E-state index is -0.761. The molecule has 4 aliphatic rings. The standard InChI is InChI=1S/C41H74N10O7.C13H17NO.C6H6.CH5N/c1-6-36(53)45-32(29-52)28-50(27-21-33-18-15-25-48(33)5)40(57)44-24-14-9-8-13-23-43-39(56)49(7-2)26-22-34-19-20-35(38(55)46-31-16-11-10-12-17-31)51(34)41(58)47-37(54)30(3)42-4;15-10-14-13-9-5-4-8-12(13)11-6-2-1-3-7-11;1-2-4-6-5-3-1;1-2/h29-35,42H,6-28H2,1-5H3,(H,43,56)(H,44,57)(H,45,53)(H,46,55)(H,47,54,58);1-3,6-7,10,12-13H,4-5,8-9H2,(H,14,15);1-6H;2H2,1H3/t30?,32-,33-,34+,35?;12?,13-;;/m00../s1. The zero-order valence-electron chi connectivity index (χ0n) is 49.8. The Morgan fingerprint density at radius 2 is 1.28 bits per heavy atom. The average Bonchev–Trinajstić information content (AvgIpc) is 4.13. The highest BCUT2D eigenvalue weighted by atomic mass is 16.2. The van der Waals surface area contributed by atoms with Gasteiger partial charge in [-0.05, 0) is 124 Å². The molecule has 0 bridgehead atoms. The summed E-state index contributed by atoms with van der Waals surface area (Å²) in [6.45, 7) is 8.76. The number of amides is 10. The van der Waals surface area contributed by atoms with Gasteiger partial charge in [0.2, 0.25) is 24.1 Å². The fourth-order valence-corrected chi connectivity index (χ4v) is 11.1. The number of imide groups is 1. The van der Waals surface area contributed by atoms with E-state index in [1.165, 1.54) is 36.8 Å². The summed E-state index contributed by atoms with van der Waals surface area (Å²) in [5.74, 6) is -0.376. The Morgan fingerprint density at radius 3 is 1.85 bits per heavy atom. The van der Waals surface area contributed by atoms with Gasteiger partial charge in [-0.25, -0.2) is 14.4 Å². The topological polar surface area (TPSA) is 260 Å². The molecule has 10 amide bonds. The van der Waals surface area contributed by atoms with Crippen molar-refractivity contribution in [2.45, 2.75) is 197 Å². The predicted molar refractivity (Wildman–Crippen MR) is 320 cm³/mol. The third-order valence-corrected chi connectivity index (χ3v) is 16.0. The number of unbranched alkanes of at least 4 members (excludes halogenated alkanes) is 3. The molecule has 2 aliphatic carbocycles. The van der Waals surface area contributed by atoms with Crippen molar-refractivity contribution < 1.29 is 38.4 Å². The van der Waals surface area contributed by atoms with Crippen LogP contribution in [0.1, 0.15) is 161 Å². The van der Waals surface area contributed by atoms with E-state index in [0.717, 1.165) is 96.4 Å². The van der Waals surface area contributed by atoms with Gasteiger partial charge in [-0.2, -0.15) is 0 Å². The highest BCUT2D eigenvalue weighted by Gasteiger charge is 2.42. The molecule has 2 heterocycles. The largest absolute Gasteiger partial charge is 0.355 e. The monoisotopic (exact) mass is 1130 g/mol. The van der Waals surface area contributed by atoms with Crippen molar-refractivity contribution in [2.75, 3.05) is 67.0 Å². The molecule has 2 aromatic rings. The van der Waals surface area contributed by atoms with E-state index >= 15 is 0 Å². The van der Waals surface area contributed by atoms with Crippen molar-refractivity contribution >= 4 is 48.5 Å². The van der Waals surface area contributed by atoms with Crippen LogP contribution in [0.5, 0.6) is 0 Å². The lowest BCUT2D eigenvalue weighted by atomic mass is 9.80. The molecule has 0 radical (unpaired) electrons. The number of likely N-dealkylation sites (N-methyl/N-ethyl adjacent to an activating group) is 1. The van der Waals surface area contributed by atoms with Gasteiger partial charge in [0.15, 0.2) is 0 Å². The van der Waals surface area contributed by atoms with E-state index in [-0.39, 0.29) is 48.9 Å². The van der Waals surface area contributed by atoms with Crippen molar-refractivity contribution in [1.29, 1.82) is 0 Å². The SMILES string of the molecule is CCC(=O)N[C@H](C=O)CN(CC[C@@H]1CCCN1C)C(=O)NCCCCCCNC(=O)N(CC)CC[C@H]1CCC(C(=O)NC2CCCCC2)N1C(=O)NC(=O)C(C)NC.CN.O=CN[C@H]1CCCCC1c1ccccc1.c1ccccc1. The third kappa shape index (κ3) is 25.7. The van der Waals surface area contributed by atoms with Crippen LogP contribution in [0.25, 0.3) is 0 Å². The summed E-state index contributed by atoms with van der Waals surface area (Å²) < 4.78 is 0. The lowest BCUT2D eigenvalue weighted by Gasteiger charge is -2.32. The van der Waals surface area contributed by atoms with E-state index < -0.39 is 30.1 Å². The molecule has 454 valence electrons. The number of likely N-dealkylation sites (tertiary alicyclic amines) is 2. The Morgan fingerprint density at radius 1 is 0.704 bits per heavy atom. The molecule has 2 saturated carbocycles. The molecule has 0 spiro atoms. The van der Waals surface area contributed by atoms with Crippen LogP contribution in [0.4, 0.5) is 14.4 Å². The van der Waals surface area contributed by atoms with Crippen LogP contribution in [0.2, 0.25) is 0 Å². The summed E-state index contributed by atoms with van der Waals surface area (Å²) >= 11 is 0. The van der Waals surface area contributed by atoms with Crippen LogP contribution < -0.4 is 43.0 Å². The Labute approximate surface area is 484 Å². The van der Waals surface area contributed by atoms with E-state index in [1.807, 2.05) is 49.4 Å². The summed E-state index contributed by atoms with van der Waals surface area (Å²) in [5, 5.41) is 20.1. The second-order valence-corrected chi connectivity index (χ2v) is 21.6. The third-order valence-electron chi connectivity index (χ3n) is 16.0. The van der Waals surface area contributed by atoms with Crippen LogP contribution in [0.15, 0.2) is 66.7 Å². The molecule has 6 rings (SSSR count). The Hall–Kier alpha value is -6.12. The Bertz CT molecular complexity index is 2080. The summed E-state index contributed by atoms with van der Waals surface area (Å²) in [5.41, 5.74) is 5.86.